The SMILES string of the molecule is CCCCCN1C(=O)C(=O)/C(=C(\O)c2ccc(OC)c(C(C)C)c2)C1c1cccc(C)c1. The maximum Gasteiger partial charge on any atom is 0.295 e. The molecule has 1 heterocycles. The van der Waals surface area contributed by atoms with Gasteiger partial charge in [-0.1, -0.05) is 63.4 Å². The van der Waals surface area contributed by atoms with Crippen molar-refractivity contribution in [1.82, 2.24) is 4.90 Å². The number of likely N-dealkylation sites (tertiary alicyclic amines) is 1. The van der Waals surface area contributed by atoms with Gasteiger partial charge in [-0.25, -0.2) is 0 Å². The predicted octanol–water partition coefficient (Wildman–Crippen LogP) is 5.74. The standard InChI is InChI=1S/C27H33NO4/c1-6-7-8-14-28-24(19-11-9-10-18(4)15-19)23(26(30)27(28)31)25(29)20-12-13-22(32-5)21(16-20)17(2)3/h9-13,15-17,24,29H,6-8,14H2,1-5H3/b25-23-. The van der Waals surface area contributed by atoms with E-state index in [4.69, 9.17) is 4.74 Å². The Morgan fingerprint density at radius 3 is 2.50 bits per heavy atom. The molecule has 0 aliphatic carbocycles. The van der Waals surface area contributed by atoms with E-state index in [-0.39, 0.29) is 17.3 Å². The van der Waals surface area contributed by atoms with E-state index in [1.807, 2.05) is 51.1 Å². The molecule has 0 bridgehead atoms. The van der Waals surface area contributed by atoms with Crippen LogP contribution in [0.25, 0.3) is 5.76 Å². The van der Waals surface area contributed by atoms with Crippen LogP contribution in [-0.2, 0) is 9.59 Å². The molecule has 1 N–H and O–H groups in total. The number of aliphatic hydroxyl groups excluding tert-OH is 1. The first-order valence-corrected chi connectivity index (χ1v) is 11.3. The predicted molar refractivity (Wildman–Crippen MR) is 127 cm³/mol. The third-order valence-corrected chi connectivity index (χ3v) is 6.03. The number of ether oxygens (including phenoxy) is 1. The summed E-state index contributed by atoms with van der Waals surface area (Å²) in [5, 5.41) is 11.3. The normalized spacial score (nSPS) is 17.9. The Morgan fingerprint density at radius 1 is 1.12 bits per heavy atom. The van der Waals surface area contributed by atoms with E-state index in [0.717, 1.165) is 41.7 Å². The number of amides is 1. The van der Waals surface area contributed by atoms with E-state index in [1.165, 1.54) is 0 Å². The summed E-state index contributed by atoms with van der Waals surface area (Å²) in [7, 11) is 1.61. The van der Waals surface area contributed by atoms with Crippen molar-refractivity contribution in [2.24, 2.45) is 0 Å². The Bertz CT molecular complexity index is 1040. The van der Waals surface area contributed by atoms with Gasteiger partial charge in [0.25, 0.3) is 11.7 Å². The van der Waals surface area contributed by atoms with Gasteiger partial charge in [0.2, 0.25) is 0 Å². The highest BCUT2D eigenvalue weighted by Crippen LogP contribution is 2.40. The Kier molecular flexibility index (Phi) is 7.39. The number of methoxy groups -OCH3 is 1. The number of aliphatic hydroxyl groups is 1. The summed E-state index contributed by atoms with van der Waals surface area (Å²) >= 11 is 0. The third kappa shape index (κ3) is 4.57. The number of carbonyl (C=O) groups excluding carboxylic acids is 2. The molecule has 5 heteroatoms. The number of nitrogens with zero attached hydrogens (tertiary/aromatic N) is 1. The average molecular weight is 436 g/mol. The van der Waals surface area contributed by atoms with Gasteiger partial charge in [0, 0.05) is 12.1 Å². The molecule has 1 unspecified atom stereocenters. The molecule has 2 aromatic rings. The van der Waals surface area contributed by atoms with Crippen LogP contribution >= 0.6 is 0 Å². The van der Waals surface area contributed by atoms with Crippen LogP contribution in [0, 0.1) is 6.92 Å². The van der Waals surface area contributed by atoms with Crippen molar-refractivity contribution in [3.63, 3.8) is 0 Å². The number of Topliss-reactive ketones (excluding diaryl/α,β-unsaturated/α-hetero) is 1. The summed E-state index contributed by atoms with van der Waals surface area (Å²) < 4.78 is 5.45. The molecule has 3 rings (SSSR count). The van der Waals surface area contributed by atoms with Crippen LogP contribution in [0.15, 0.2) is 48.0 Å². The van der Waals surface area contributed by atoms with Crippen LogP contribution in [0.1, 0.15) is 74.2 Å². The molecule has 32 heavy (non-hydrogen) atoms. The summed E-state index contributed by atoms with van der Waals surface area (Å²) in [4.78, 5) is 27.8. The highest BCUT2D eigenvalue weighted by atomic mass is 16.5. The Hall–Kier alpha value is -3.08. The average Bonchev–Trinajstić information content (AvgIpc) is 3.03. The zero-order valence-corrected chi connectivity index (χ0v) is 19.6. The molecule has 1 atom stereocenters. The maximum atomic E-state index is 13.1. The van der Waals surface area contributed by atoms with Crippen molar-refractivity contribution in [2.75, 3.05) is 13.7 Å². The highest BCUT2D eigenvalue weighted by Gasteiger charge is 2.45. The molecule has 1 fully saturated rings. The fraction of sp³-hybridized carbons (Fsp3) is 0.407. The van der Waals surface area contributed by atoms with Gasteiger partial charge in [-0.15, -0.1) is 0 Å². The van der Waals surface area contributed by atoms with E-state index < -0.39 is 17.7 Å². The Morgan fingerprint density at radius 2 is 1.88 bits per heavy atom. The smallest absolute Gasteiger partial charge is 0.295 e. The molecule has 0 aromatic heterocycles. The van der Waals surface area contributed by atoms with E-state index >= 15 is 0 Å². The second kappa shape index (κ2) is 10.0. The van der Waals surface area contributed by atoms with Crippen LogP contribution in [0.2, 0.25) is 0 Å². The molecule has 0 radical (unpaired) electrons. The molecule has 1 amide bonds. The van der Waals surface area contributed by atoms with Crippen LogP contribution in [0.3, 0.4) is 0 Å². The maximum absolute atomic E-state index is 13.1. The first-order chi connectivity index (χ1) is 15.3. The van der Waals surface area contributed by atoms with Crippen molar-refractivity contribution in [3.05, 3.63) is 70.3 Å². The highest BCUT2D eigenvalue weighted by molar-refractivity contribution is 6.46. The van der Waals surface area contributed by atoms with Crippen molar-refractivity contribution in [3.8, 4) is 5.75 Å². The van der Waals surface area contributed by atoms with Gasteiger partial charge in [0.1, 0.15) is 11.5 Å². The molecular weight excluding hydrogens is 402 g/mol. The van der Waals surface area contributed by atoms with Gasteiger partial charge in [-0.2, -0.15) is 0 Å². The number of benzene rings is 2. The van der Waals surface area contributed by atoms with Gasteiger partial charge in [0.05, 0.1) is 18.7 Å². The molecule has 1 aliphatic heterocycles. The summed E-state index contributed by atoms with van der Waals surface area (Å²) in [6, 6.07) is 12.6. The zero-order chi connectivity index (χ0) is 23.4. The number of aryl methyl sites for hydroxylation is 1. The Labute approximate surface area is 190 Å². The molecule has 5 nitrogen and oxygen atoms in total. The van der Waals surface area contributed by atoms with E-state index in [9.17, 15) is 14.7 Å². The minimum Gasteiger partial charge on any atom is -0.507 e. The summed E-state index contributed by atoms with van der Waals surface area (Å²) in [5.74, 6) is -0.426. The topological polar surface area (TPSA) is 66.8 Å². The number of hydrogen-bond donors (Lipinski definition) is 1. The van der Waals surface area contributed by atoms with Gasteiger partial charge in [-0.3, -0.25) is 9.59 Å². The van der Waals surface area contributed by atoms with Crippen molar-refractivity contribution in [2.45, 2.75) is 58.9 Å². The van der Waals surface area contributed by atoms with Gasteiger partial charge < -0.3 is 14.7 Å². The first kappa shape index (κ1) is 23.6. The Balaban J connectivity index is 2.16. The summed E-state index contributed by atoms with van der Waals surface area (Å²) in [5.41, 5.74) is 3.46. The molecule has 1 aliphatic rings. The van der Waals surface area contributed by atoms with Crippen molar-refractivity contribution >= 4 is 17.4 Å². The zero-order valence-electron chi connectivity index (χ0n) is 19.6. The van der Waals surface area contributed by atoms with Crippen LogP contribution < -0.4 is 4.74 Å². The summed E-state index contributed by atoms with van der Waals surface area (Å²) in [6.07, 6.45) is 2.80. The van der Waals surface area contributed by atoms with Gasteiger partial charge >= 0.3 is 0 Å². The minimum atomic E-state index is -0.632. The van der Waals surface area contributed by atoms with Gasteiger partial charge in [-0.05, 0) is 48.6 Å². The van der Waals surface area contributed by atoms with Crippen LogP contribution in [-0.4, -0.2) is 35.4 Å². The lowest BCUT2D eigenvalue weighted by molar-refractivity contribution is -0.139. The van der Waals surface area contributed by atoms with Crippen molar-refractivity contribution < 1.29 is 19.4 Å². The molecule has 0 spiro atoms. The fourth-order valence-corrected chi connectivity index (χ4v) is 4.32. The second-order valence-corrected chi connectivity index (χ2v) is 8.73. The van der Waals surface area contributed by atoms with Crippen LogP contribution in [0.4, 0.5) is 0 Å². The lowest BCUT2D eigenvalue weighted by atomic mass is 9.92. The molecule has 0 saturated carbocycles. The number of ketones is 1. The molecule has 2 aromatic carbocycles. The van der Waals surface area contributed by atoms with Crippen molar-refractivity contribution in [1.29, 1.82) is 0 Å². The third-order valence-electron chi connectivity index (χ3n) is 6.03. The number of hydrogen-bond acceptors (Lipinski definition) is 4. The number of carbonyl (C=O) groups is 2. The lowest BCUT2D eigenvalue weighted by Gasteiger charge is -2.25. The van der Waals surface area contributed by atoms with E-state index in [1.54, 1.807) is 24.1 Å². The number of unbranched alkanes of at least 4 members (excludes halogenated alkanes) is 2. The summed E-state index contributed by atoms with van der Waals surface area (Å²) in [6.45, 7) is 8.64. The molecule has 1 saturated heterocycles. The largest absolute Gasteiger partial charge is 0.507 e. The quantitative estimate of drug-likeness (QED) is 0.249. The van der Waals surface area contributed by atoms with Gasteiger partial charge in [0.15, 0.2) is 0 Å². The number of rotatable bonds is 8. The van der Waals surface area contributed by atoms with E-state index in [2.05, 4.69) is 6.92 Å². The monoisotopic (exact) mass is 435 g/mol. The van der Waals surface area contributed by atoms with Crippen LogP contribution in [0.5, 0.6) is 5.75 Å². The van der Waals surface area contributed by atoms with E-state index in [0.29, 0.717) is 12.1 Å². The fourth-order valence-electron chi connectivity index (χ4n) is 4.32. The molecular formula is C27H33NO4. The second-order valence-electron chi connectivity index (χ2n) is 8.73. The molecule has 170 valence electrons. The first-order valence-electron chi connectivity index (χ1n) is 11.3. The minimum absolute atomic E-state index is 0.141. The lowest BCUT2D eigenvalue weighted by Crippen LogP contribution is -2.30.